The van der Waals surface area contributed by atoms with Gasteiger partial charge >= 0.3 is 6.09 Å². The Morgan fingerprint density at radius 2 is 1.93 bits per heavy atom. The number of aromatic nitrogens is 2. The van der Waals surface area contributed by atoms with Gasteiger partial charge in [-0.05, 0) is 60.7 Å². The molecule has 0 aliphatic carbocycles. The molecule has 2 unspecified atom stereocenters. The molecule has 5 rings (SSSR count). The summed E-state index contributed by atoms with van der Waals surface area (Å²) in [6, 6.07) is 16.7. The number of carbonyl (C=O) groups is 2. The maximum atomic E-state index is 14.0. The molecule has 1 aliphatic rings. The van der Waals surface area contributed by atoms with Crippen LogP contribution in [0.4, 0.5) is 10.6 Å². The highest BCUT2D eigenvalue weighted by atomic mass is 32.2. The van der Waals surface area contributed by atoms with Gasteiger partial charge in [0.25, 0.3) is 5.91 Å². The van der Waals surface area contributed by atoms with Crippen LogP contribution in [-0.2, 0) is 26.0 Å². The lowest BCUT2D eigenvalue weighted by atomic mass is 10.0. The summed E-state index contributed by atoms with van der Waals surface area (Å²) in [5.41, 5.74) is 4.11. The van der Waals surface area contributed by atoms with Gasteiger partial charge in [-0.3, -0.25) is 9.69 Å². The number of fused-ring (bicyclic) bond motifs is 1. The number of sulfonamides is 1. The highest BCUT2D eigenvalue weighted by Gasteiger charge is 2.39. The number of hydrogen-bond donors (Lipinski definition) is 2. The zero-order valence-electron chi connectivity index (χ0n) is 25.4. The molecular weight excluding hydrogens is 615 g/mol. The number of rotatable bonds is 13. The average Bonchev–Trinajstić information content (AvgIpc) is 3.67. The van der Waals surface area contributed by atoms with Gasteiger partial charge in [0.1, 0.15) is 5.82 Å². The van der Waals surface area contributed by atoms with Crippen LogP contribution in [0.2, 0.25) is 0 Å². The normalized spacial score (nSPS) is 17.3. The standard InChI is InChI=1S/C32H37N5O6S2/c1-4-21(2)17-36(45(41,42)24-10-11-25-29(16-24)44-20-34-25)18-27(38)26(15-23-8-6-5-7-9-23)35-31(39)28-19-37(32(40)43-28)30-14-22(3)12-13-33-30/h5-14,16,20-21,26-28,38H,4,15,17-19H2,1-3H3,(H,35,39)/t21-,26?,27-,28?/m1/s1. The highest BCUT2D eigenvalue weighted by molar-refractivity contribution is 7.89. The Morgan fingerprint density at radius 3 is 2.67 bits per heavy atom. The number of aryl methyl sites for hydroxylation is 1. The van der Waals surface area contributed by atoms with Gasteiger partial charge in [-0.2, -0.15) is 4.31 Å². The molecule has 13 heteroatoms. The molecule has 0 radical (unpaired) electrons. The van der Waals surface area contributed by atoms with E-state index < -0.39 is 40.3 Å². The number of thiazole rings is 1. The third-order valence-electron chi connectivity index (χ3n) is 7.92. The topological polar surface area (TPSA) is 142 Å². The number of nitrogens with one attached hydrogen (secondary N) is 1. The zero-order chi connectivity index (χ0) is 32.1. The minimum absolute atomic E-state index is 0.0143. The Morgan fingerprint density at radius 1 is 1.16 bits per heavy atom. The predicted molar refractivity (Wildman–Crippen MR) is 173 cm³/mol. The van der Waals surface area contributed by atoms with Gasteiger partial charge in [0, 0.05) is 19.3 Å². The second-order valence-electron chi connectivity index (χ2n) is 11.4. The van der Waals surface area contributed by atoms with Crippen LogP contribution in [0.25, 0.3) is 10.2 Å². The van der Waals surface area contributed by atoms with E-state index in [9.17, 15) is 23.1 Å². The minimum Gasteiger partial charge on any atom is -0.434 e. The Bertz CT molecular complexity index is 1750. The number of carbonyl (C=O) groups excluding carboxylic acids is 2. The van der Waals surface area contributed by atoms with Gasteiger partial charge in [-0.15, -0.1) is 11.3 Å². The van der Waals surface area contributed by atoms with Gasteiger partial charge in [0.05, 0.1) is 39.3 Å². The van der Waals surface area contributed by atoms with Crippen molar-refractivity contribution in [1.29, 1.82) is 0 Å². The first-order valence-electron chi connectivity index (χ1n) is 14.8. The van der Waals surface area contributed by atoms with Crippen LogP contribution in [0.5, 0.6) is 0 Å². The van der Waals surface area contributed by atoms with Gasteiger partial charge < -0.3 is 15.2 Å². The van der Waals surface area contributed by atoms with Crippen LogP contribution >= 0.6 is 11.3 Å². The number of benzene rings is 2. The van der Waals surface area contributed by atoms with E-state index in [1.807, 2.05) is 51.1 Å². The van der Waals surface area contributed by atoms with Crippen molar-refractivity contribution in [2.45, 2.75) is 56.8 Å². The monoisotopic (exact) mass is 651 g/mol. The Labute approximate surface area is 266 Å². The summed E-state index contributed by atoms with van der Waals surface area (Å²) in [7, 11) is -4.01. The summed E-state index contributed by atoms with van der Waals surface area (Å²) in [6.07, 6.45) is -0.590. The smallest absolute Gasteiger partial charge is 0.416 e. The fourth-order valence-electron chi connectivity index (χ4n) is 5.11. The number of anilines is 1. The Hall–Kier alpha value is -3.91. The number of aliphatic hydroxyl groups is 1. The van der Waals surface area contributed by atoms with E-state index in [2.05, 4.69) is 15.3 Å². The number of hydrogen-bond acceptors (Lipinski definition) is 9. The number of nitrogens with zero attached hydrogens (tertiary/aromatic N) is 4. The molecule has 2 amide bonds. The van der Waals surface area contributed by atoms with Crippen molar-refractivity contribution >= 4 is 49.4 Å². The summed E-state index contributed by atoms with van der Waals surface area (Å²) in [4.78, 5) is 36.0. The molecule has 0 bridgehead atoms. The number of pyridine rings is 1. The lowest BCUT2D eigenvalue weighted by Gasteiger charge is -2.31. The summed E-state index contributed by atoms with van der Waals surface area (Å²) in [5, 5.41) is 14.5. The molecule has 1 aliphatic heterocycles. The number of ether oxygens (including phenoxy) is 1. The van der Waals surface area contributed by atoms with E-state index in [0.717, 1.165) is 22.2 Å². The number of amides is 2. The molecule has 0 saturated carbocycles. The second-order valence-corrected chi connectivity index (χ2v) is 14.2. The molecular formula is C32H37N5O6S2. The lowest BCUT2D eigenvalue weighted by Crippen LogP contribution is -2.53. The Balaban J connectivity index is 1.38. The van der Waals surface area contributed by atoms with Gasteiger partial charge in [-0.25, -0.2) is 23.2 Å². The molecule has 2 N–H and O–H groups in total. The summed E-state index contributed by atoms with van der Waals surface area (Å²) in [6.45, 7) is 5.68. The molecule has 4 atom stereocenters. The quantitative estimate of drug-likeness (QED) is 0.220. The van der Waals surface area contributed by atoms with Crippen molar-refractivity contribution < 1.29 is 27.9 Å². The maximum Gasteiger partial charge on any atom is 0.416 e. The van der Waals surface area contributed by atoms with E-state index >= 15 is 0 Å². The first-order valence-corrected chi connectivity index (χ1v) is 17.1. The largest absolute Gasteiger partial charge is 0.434 e. The summed E-state index contributed by atoms with van der Waals surface area (Å²) >= 11 is 1.35. The first-order chi connectivity index (χ1) is 21.5. The molecule has 45 heavy (non-hydrogen) atoms. The van der Waals surface area contributed by atoms with E-state index in [4.69, 9.17) is 4.74 Å². The highest BCUT2D eigenvalue weighted by Crippen LogP contribution is 2.26. The van der Waals surface area contributed by atoms with Crippen LogP contribution in [0.3, 0.4) is 0 Å². The number of aliphatic hydroxyl groups excluding tert-OH is 1. The Kier molecular flexibility index (Phi) is 10.1. The van der Waals surface area contributed by atoms with E-state index in [1.54, 1.807) is 36.0 Å². The van der Waals surface area contributed by atoms with Crippen molar-refractivity contribution in [1.82, 2.24) is 19.6 Å². The molecule has 11 nitrogen and oxygen atoms in total. The summed E-state index contributed by atoms with van der Waals surface area (Å²) in [5.74, 6) is -0.204. The van der Waals surface area contributed by atoms with Crippen LogP contribution in [-0.4, -0.2) is 77.7 Å². The lowest BCUT2D eigenvalue weighted by molar-refractivity contribution is -0.129. The van der Waals surface area contributed by atoms with Crippen LogP contribution < -0.4 is 10.2 Å². The van der Waals surface area contributed by atoms with E-state index in [-0.39, 0.29) is 36.9 Å². The minimum atomic E-state index is -4.01. The average molecular weight is 652 g/mol. The van der Waals surface area contributed by atoms with Crippen molar-refractivity contribution in [2.24, 2.45) is 5.92 Å². The van der Waals surface area contributed by atoms with Gasteiger partial charge in [0.2, 0.25) is 10.0 Å². The van der Waals surface area contributed by atoms with Crippen LogP contribution in [0, 0.1) is 12.8 Å². The molecule has 4 aromatic rings. The fourth-order valence-corrected chi connectivity index (χ4v) is 7.51. The van der Waals surface area contributed by atoms with Crippen LogP contribution in [0.15, 0.2) is 77.3 Å². The van der Waals surface area contributed by atoms with Gasteiger partial charge in [0.15, 0.2) is 6.10 Å². The molecule has 238 valence electrons. The van der Waals surface area contributed by atoms with Gasteiger partial charge in [-0.1, -0.05) is 50.6 Å². The molecule has 1 saturated heterocycles. The molecule has 0 spiro atoms. The fraction of sp³-hybridized carbons (Fsp3) is 0.375. The third-order valence-corrected chi connectivity index (χ3v) is 10.5. The van der Waals surface area contributed by atoms with Crippen molar-refractivity contribution in [3.63, 3.8) is 0 Å². The zero-order valence-corrected chi connectivity index (χ0v) is 27.0. The first kappa shape index (κ1) is 32.5. The van der Waals surface area contributed by atoms with E-state index in [0.29, 0.717) is 11.3 Å². The predicted octanol–water partition coefficient (Wildman–Crippen LogP) is 4.15. The van der Waals surface area contributed by atoms with E-state index in [1.165, 1.54) is 26.6 Å². The molecule has 2 aromatic carbocycles. The molecule has 3 heterocycles. The SMILES string of the molecule is CC[C@@H](C)CN(C[C@@H](O)C(Cc1ccccc1)NC(=O)C1CN(c2cc(C)ccn2)C(=O)O1)S(=O)(=O)c1ccc2ncsc2c1. The number of cyclic esters (lactones) is 1. The molecule has 2 aromatic heterocycles. The van der Waals surface area contributed by atoms with Crippen LogP contribution in [0.1, 0.15) is 31.4 Å². The summed E-state index contributed by atoms with van der Waals surface area (Å²) < 4.78 is 35.4. The van der Waals surface area contributed by atoms with Crippen molar-refractivity contribution in [3.8, 4) is 0 Å². The van der Waals surface area contributed by atoms with Crippen molar-refractivity contribution in [2.75, 3.05) is 24.5 Å². The maximum absolute atomic E-state index is 14.0. The van der Waals surface area contributed by atoms with Crippen molar-refractivity contribution in [3.05, 3.63) is 83.5 Å². The molecule has 1 fully saturated rings. The third kappa shape index (κ3) is 7.67. The second kappa shape index (κ2) is 14.0.